The highest BCUT2D eigenvalue weighted by Crippen LogP contribution is 2.17. The third-order valence-electron chi connectivity index (χ3n) is 4.48. The van der Waals surface area contributed by atoms with E-state index in [1.54, 1.807) is 11.4 Å². The molecule has 2 atom stereocenters. The number of sulfonamides is 1. The summed E-state index contributed by atoms with van der Waals surface area (Å²) in [6.45, 7) is 0.232. The Labute approximate surface area is 191 Å². The van der Waals surface area contributed by atoms with Gasteiger partial charge in [-0.05, 0) is 29.9 Å². The number of nitrogens with two attached hydrogens (primary N) is 2. The van der Waals surface area contributed by atoms with E-state index in [1.807, 2.05) is 30.3 Å². The van der Waals surface area contributed by atoms with Crippen molar-refractivity contribution in [3.05, 3.63) is 53.4 Å². The molecule has 7 N–H and O–H groups in total. The van der Waals surface area contributed by atoms with Gasteiger partial charge in [0.25, 0.3) is 10.0 Å². The topological polar surface area (TPSA) is 169 Å². The van der Waals surface area contributed by atoms with Crippen LogP contribution in [-0.2, 0) is 26.0 Å². The summed E-state index contributed by atoms with van der Waals surface area (Å²) in [7, 11) is -2.44. The fourth-order valence-corrected chi connectivity index (χ4v) is 5.15. The van der Waals surface area contributed by atoms with Gasteiger partial charge in [0.2, 0.25) is 11.8 Å². The predicted octanol–water partition coefficient (Wildman–Crippen LogP) is -0.0779. The first-order valence-corrected chi connectivity index (χ1v) is 12.3. The Hall–Kier alpha value is -2.96. The Morgan fingerprint density at radius 2 is 1.78 bits per heavy atom. The Kier molecular flexibility index (Phi) is 9.62. The molecular weight excluding hydrogens is 452 g/mol. The van der Waals surface area contributed by atoms with E-state index in [9.17, 15) is 18.0 Å². The maximum Gasteiger partial charge on any atom is 0.250 e. The molecule has 2 rings (SSSR count). The van der Waals surface area contributed by atoms with E-state index < -0.39 is 28.0 Å². The Morgan fingerprint density at radius 1 is 1.06 bits per heavy atom. The van der Waals surface area contributed by atoms with Gasteiger partial charge in [-0.1, -0.05) is 36.4 Å². The van der Waals surface area contributed by atoms with Crippen molar-refractivity contribution in [3.8, 4) is 0 Å². The molecule has 32 heavy (non-hydrogen) atoms. The highest BCUT2D eigenvalue weighted by atomic mass is 32.2. The summed E-state index contributed by atoms with van der Waals surface area (Å²) in [5, 5.41) is 6.83. The van der Waals surface area contributed by atoms with Crippen LogP contribution in [0.15, 0.2) is 57.0 Å². The second kappa shape index (κ2) is 12.2. The highest BCUT2D eigenvalue weighted by Gasteiger charge is 2.29. The number of likely N-dealkylation sites (N-methyl/N-ethyl adjacent to an activating group) is 1. The van der Waals surface area contributed by atoms with Crippen molar-refractivity contribution in [2.24, 2.45) is 16.5 Å². The molecule has 0 saturated carbocycles. The van der Waals surface area contributed by atoms with E-state index in [1.165, 1.54) is 13.1 Å². The number of rotatable bonds is 12. The minimum atomic E-state index is -3.91. The van der Waals surface area contributed by atoms with Crippen molar-refractivity contribution in [1.82, 2.24) is 15.4 Å². The normalized spacial score (nSPS) is 13.0. The molecule has 10 nitrogen and oxygen atoms in total. The number of carbonyl (C=O) groups excluding carboxylic acids is 2. The van der Waals surface area contributed by atoms with Crippen LogP contribution in [-0.4, -0.2) is 51.9 Å². The van der Waals surface area contributed by atoms with Crippen LogP contribution in [0.1, 0.15) is 18.4 Å². The Balaban J connectivity index is 2.18. The fourth-order valence-electron chi connectivity index (χ4n) is 2.91. The van der Waals surface area contributed by atoms with E-state index in [0.29, 0.717) is 6.42 Å². The van der Waals surface area contributed by atoms with Gasteiger partial charge in [-0.3, -0.25) is 14.6 Å². The van der Waals surface area contributed by atoms with Gasteiger partial charge in [-0.2, -0.15) is 4.72 Å². The van der Waals surface area contributed by atoms with Crippen LogP contribution in [0.25, 0.3) is 0 Å². The number of nitrogens with one attached hydrogen (secondary N) is 3. The largest absolute Gasteiger partial charge is 0.370 e. The summed E-state index contributed by atoms with van der Waals surface area (Å²) in [5.74, 6) is -1.09. The van der Waals surface area contributed by atoms with Gasteiger partial charge in [0.1, 0.15) is 16.3 Å². The zero-order chi connectivity index (χ0) is 23.6. The van der Waals surface area contributed by atoms with Gasteiger partial charge in [0, 0.05) is 20.0 Å². The quantitative estimate of drug-likeness (QED) is 0.162. The number of nitrogens with zero attached hydrogens (tertiary/aromatic N) is 1. The van der Waals surface area contributed by atoms with Crippen LogP contribution in [0, 0.1) is 0 Å². The van der Waals surface area contributed by atoms with Gasteiger partial charge in [0.15, 0.2) is 5.96 Å². The van der Waals surface area contributed by atoms with Crippen LogP contribution in [0.3, 0.4) is 0 Å². The smallest absolute Gasteiger partial charge is 0.250 e. The lowest BCUT2D eigenvalue weighted by Gasteiger charge is -2.22. The molecular formula is C20H28N6O4S2. The summed E-state index contributed by atoms with van der Waals surface area (Å²) in [4.78, 5) is 29.3. The standard InChI is InChI=1S/C20H28N6O4S2/c1-23-18(27)16(13-14-7-3-2-4-8-14)25-19(28)15(9-5-11-24-20(21)22)26-32(29,30)17-10-6-12-31-17/h2-4,6-8,10,12,15-16,26H,5,9,11,13H2,1H3,(H,23,27)(H,25,28)(H4,21,22,24)/t15?,16-/m0/s1. The zero-order valence-electron chi connectivity index (χ0n) is 17.7. The van der Waals surface area contributed by atoms with Gasteiger partial charge >= 0.3 is 0 Å². The van der Waals surface area contributed by atoms with E-state index in [0.717, 1.165) is 16.9 Å². The SMILES string of the molecule is CNC(=O)[C@H](Cc1ccccc1)NC(=O)C(CCCN=C(N)N)NS(=O)(=O)c1cccs1. The molecule has 0 aliphatic heterocycles. The lowest BCUT2D eigenvalue weighted by atomic mass is 10.0. The summed E-state index contributed by atoms with van der Waals surface area (Å²) >= 11 is 1.04. The first-order chi connectivity index (χ1) is 15.2. The van der Waals surface area contributed by atoms with Crippen molar-refractivity contribution >= 4 is 39.1 Å². The van der Waals surface area contributed by atoms with Gasteiger partial charge in [-0.25, -0.2) is 8.42 Å². The molecule has 2 amide bonds. The number of thiophene rings is 1. The molecule has 0 radical (unpaired) electrons. The highest BCUT2D eigenvalue weighted by molar-refractivity contribution is 7.91. The molecule has 1 aromatic carbocycles. The fraction of sp³-hybridized carbons (Fsp3) is 0.350. The molecule has 2 aromatic rings. The minimum Gasteiger partial charge on any atom is -0.370 e. The minimum absolute atomic E-state index is 0.0895. The van der Waals surface area contributed by atoms with Crippen molar-refractivity contribution in [2.45, 2.75) is 35.6 Å². The lowest BCUT2D eigenvalue weighted by Crippen LogP contribution is -2.54. The average Bonchev–Trinajstić information content (AvgIpc) is 3.31. The maximum absolute atomic E-state index is 13.0. The van der Waals surface area contributed by atoms with Crippen LogP contribution >= 0.6 is 11.3 Å². The van der Waals surface area contributed by atoms with Crippen LogP contribution in [0.2, 0.25) is 0 Å². The zero-order valence-corrected chi connectivity index (χ0v) is 19.3. The van der Waals surface area contributed by atoms with E-state index in [4.69, 9.17) is 11.5 Å². The number of hydrogen-bond acceptors (Lipinski definition) is 6. The Morgan fingerprint density at radius 3 is 2.38 bits per heavy atom. The molecule has 1 heterocycles. The number of hydrogen-bond donors (Lipinski definition) is 5. The second-order valence-electron chi connectivity index (χ2n) is 6.92. The molecule has 0 aliphatic rings. The van der Waals surface area contributed by atoms with E-state index >= 15 is 0 Å². The third kappa shape index (κ3) is 7.94. The first-order valence-electron chi connectivity index (χ1n) is 9.90. The molecule has 0 bridgehead atoms. The Bertz CT molecular complexity index is 1010. The molecule has 174 valence electrons. The molecule has 1 unspecified atom stereocenters. The summed E-state index contributed by atoms with van der Waals surface area (Å²) in [6, 6.07) is 10.3. The molecule has 0 spiro atoms. The van der Waals surface area contributed by atoms with Gasteiger partial charge in [0.05, 0.1) is 0 Å². The molecule has 1 aromatic heterocycles. The second-order valence-corrected chi connectivity index (χ2v) is 9.81. The van der Waals surface area contributed by atoms with Gasteiger partial charge < -0.3 is 22.1 Å². The monoisotopic (exact) mass is 480 g/mol. The number of amides is 2. The van der Waals surface area contributed by atoms with Crippen molar-refractivity contribution in [3.63, 3.8) is 0 Å². The molecule has 0 fully saturated rings. The predicted molar refractivity (Wildman–Crippen MR) is 124 cm³/mol. The lowest BCUT2D eigenvalue weighted by molar-refractivity contribution is -0.129. The summed E-state index contributed by atoms with van der Waals surface area (Å²) < 4.78 is 27.9. The number of guanidine groups is 1. The van der Waals surface area contributed by atoms with Crippen LogP contribution in [0.5, 0.6) is 0 Å². The number of benzene rings is 1. The molecule has 0 saturated heterocycles. The van der Waals surface area contributed by atoms with E-state index in [-0.39, 0.29) is 35.5 Å². The summed E-state index contributed by atoms with van der Waals surface area (Å²) in [6.07, 6.45) is 0.746. The van der Waals surface area contributed by atoms with Crippen molar-refractivity contribution in [1.29, 1.82) is 0 Å². The average molecular weight is 481 g/mol. The van der Waals surface area contributed by atoms with Crippen LogP contribution < -0.4 is 26.8 Å². The number of carbonyl (C=O) groups is 2. The van der Waals surface area contributed by atoms with Crippen LogP contribution in [0.4, 0.5) is 0 Å². The van der Waals surface area contributed by atoms with E-state index in [2.05, 4.69) is 20.3 Å². The van der Waals surface area contributed by atoms with Crippen molar-refractivity contribution in [2.75, 3.05) is 13.6 Å². The van der Waals surface area contributed by atoms with Gasteiger partial charge in [-0.15, -0.1) is 11.3 Å². The maximum atomic E-state index is 13.0. The number of aliphatic imine (C=N–C) groups is 1. The first kappa shape index (κ1) is 25.3. The molecule has 0 aliphatic carbocycles. The third-order valence-corrected chi connectivity index (χ3v) is 7.35. The summed E-state index contributed by atoms with van der Waals surface area (Å²) in [5.41, 5.74) is 11.5. The van der Waals surface area contributed by atoms with Crippen molar-refractivity contribution < 1.29 is 18.0 Å². The molecule has 12 heteroatoms.